The average molecular weight is 243 g/mol. The van der Waals surface area contributed by atoms with Gasteiger partial charge >= 0.3 is 6.03 Å². The van der Waals surface area contributed by atoms with Crippen LogP contribution < -0.4 is 16.4 Å². The van der Waals surface area contributed by atoms with E-state index < -0.39 is 18.0 Å². The number of hydrogen-bond donors (Lipinski definition) is 3. The third-order valence-electron chi connectivity index (χ3n) is 2.83. The average Bonchev–Trinajstić information content (AvgIpc) is 2.64. The van der Waals surface area contributed by atoms with E-state index in [-0.39, 0.29) is 12.1 Å². The molecule has 0 aliphatic heterocycles. The first-order valence-corrected chi connectivity index (χ1v) is 6.04. The highest BCUT2D eigenvalue weighted by molar-refractivity contribution is 5.96. The van der Waals surface area contributed by atoms with Crippen LogP contribution in [0.1, 0.15) is 33.1 Å². The fourth-order valence-electron chi connectivity index (χ4n) is 1.87. The van der Waals surface area contributed by atoms with Gasteiger partial charge in [-0.25, -0.2) is 4.79 Å². The third-order valence-corrected chi connectivity index (χ3v) is 2.83. The number of carbonyl (C=O) groups excluding carboxylic acids is 2. The zero-order chi connectivity index (χ0) is 12.8. The molecule has 1 rings (SSSR count). The highest BCUT2D eigenvalue weighted by Gasteiger charge is 2.28. The molecule has 6 heteroatoms. The van der Waals surface area contributed by atoms with Crippen LogP contribution >= 0.6 is 0 Å². The molecule has 3 amide bonds. The molecule has 6 nitrogen and oxygen atoms in total. The van der Waals surface area contributed by atoms with Gasteiger partial charge in [0.25, 0.3) is 5.91 Å². The van der Waals surface area contributed by atoms with Gasteiger partial charge in [0.2, 0.25) is 0 Å². The molecule has 1 saturated carbocycles. The maximum absolute atomic E-state index is 11.6. The smallest absolute Gasteiger partial charge is 0.321 e. The monoisotopic (exact) mass is 243 g/mol. The molecule has 98 valence electrons. The van der Waals surface area contributed by atoms with Crippen molar-refractivity contribution in [2.24, 2.45) is 5.73 Å². The Hall–Kier alpha value is -1.14. The van der Waals surface area contributed by atoms with E-state index >= 15 is 0 Å². The molecule has 1 aliphatic carbocycles. The second-order valence-corrected chi connectivity index (χ2v) is 4.26. The molecule has 0 aromatic carbocycles. The van der Waals surface area contributed by atoms with Crippen molar-refractivity contribution in [2.45, 2.75) is 51.4 Å². The van der Waals surface area contributed by atoms with Gasteiger partial charge in [0, 0.05) is 12.6 Å². The van der Waals surface area contributed by atoms with Gasteiger partial charge in [-0.1, -0.05) is 0 Å². The van der Waals surface area contributed by atoms with Crippen molar-refractivity contribution in [3.8, 4) is 0 Å². The van der Waals surface area contributed by atoms with Gasteiger partial charge in [-0.2, -0.15) is 0 Å². The van der Waals surface area contributed by atoms with Crippen LogP contribution in [-0.4, -0.2) is 36.7 Å². The lowest BCUT2D eigenvalue weighted by molar-refractivity contribution is -0.134. The summed E-state index contributed by atoms with van der Waals surface area (Å²) in [7, 11) is 0. The molecule has 0 aromatic rings. The van der Waals surface area contributed by atoms with E-state index in [9.17, 15) is 9.59 Å². The van der Waals surface area contributed by atoms with E-state index in [0.29, 0.717) is 6.54 Å². The Morgan fingerprint density at radius 2 is 2.18 bits per heavy atom. The van der Waals surface area contributed by atoms with Crippen LogP contribution in [0.5, 0.6) is 0 Å². The van der Waals surface area contributed by atoms with E-state index in [0.717, 1.165) is 19.3 Å². The van der Waals surface area contributed by atoms with Gasteiger partial charge in [0.15, 0.2) is 0 Å². The number of ether oxygens (including phenoxy) is 1. The van der Waals surface area contributed by atoms with Crippen molar-refractivity contribution >= 4 is 11.9 Å². The predicted octanol–water partition coefficient (Wildman–Crippen LogP) is 0.117. The summed E-state index contributed by atoms with van der Waals surface area (Å²) >= 11 is 0. The van der Waals surface area contributed by atoms with E-state index in [4.69, 9.17) is 10.5 Å². The SMILES string of the molecule is CCNC(=O)NC(=O)C(C)OC1CCCC1N. The second kappa shape index (κ2) is 6.56. The first kappa shape index (κ1) is 13.9. The summed E-state index contributed by atoms with van der Waals surface area (Å²) in [6.45, 7) is 3.88. The summed E-state index contributed by atoms with van der Waals surface area (Å²) in [6, 6.07) is -0.501. The highest BCUT2D eigenvalue weighted by Crippen LogP contribution is 2.21. The van der Waals surface area contributed by atoms with Gasteiger partial charge in [-0.05, 0) is 33.1 Å². The number of carbonyl (C=O) groups is 2. The molecule has 1 fully saturated rings. The largest absolute Gasteiger partial charge is 0.364 e. The van der Waals surface area contributed by atoms with Crippen LogP contribution in [-0.2, 0) is 9.53 Å². The van der Waals surface area contributed by atoms with Crippen molar-refractivity contribution in [3.05, 3.63) is 0 Å². The number of nitrogens with one attached hydrogen (secondary N) is 2. The standard InChI is InChI=1S/C11H21N3O3/c1-3-13-11(16)14-10(15)7(2)17-9-6-4-5-8(9)12/h7-9H,3-6,12H2,1-2H3,(H2,13,14,15,16). The van der Waals surface area contributed by atoms with Gasteiger partial charge in [0.1, 0.15) is 6.10 Å². The minimum atomic E-state index is -0.660. The normalized spacial score (nSPS) is 25.4. The summed E-state index contributed by atoms with van der Waals surface area (Å²) in [6.07, 6.45) is 2.09. The van der Waals surface area contributed by atoms with Gasteiger partial charge < -0.3 is 15.8 Å². The Kier molecular flexibility index (Phi) is 5.37. The van der Waals surface area contributed by atoms with Crippen LogP contribution in [0, 0.1) is 0 Å². The number of urea groups is 1. The molecule has 0 bridgehead atoms. The first-order valence-electron chi connectivity index (χ1n) is 6.04. The van der Waals surface area contributed by atoms with Gasteiger partial charge in [-0.15, -0.1) is 0 Å². The summed E-state index contributed by atoms with van der Waals surface area (Å²) in [4.78, 5) is 22.7. The molecule has 17 heavy (non-hydrogen) atoms. The quantitative estimate of drug-likeness (QED) is 0.653. The number of imide groups is 1. The number of hydrogen-bond acceptors (Lipinski definition) is 4. The Bertz CT molecular complexity index is 283. The Morgan fingerprint density at radius 3 is 2.71 bits per heavy atom. The minimum absolute atomic E-state index is 0.00489. The fraction of sp³-hybridized carbons (Fsp3) is 0.818. The van der Waals surface area contributed by atoms with Gasteiger partial charge in [0.05, 0.1) is 6.10 Å². The molecule has 0 saturated heterocycles. The molecule has 0 radical (unpaired) electrons. The van der Waals surface area contributed by atoms with Crippen molar-refractivity contribution in [1.29, 1.82) is 0 Å². The molecule has 4 N–H and O–H groups in total. The van der Waals surface area contributed by atoms with Crippen LogP contribution in [0.15, 0.2) is 0 Å². The number of nitrogens with two attached hydrogens (primary N) is 1. The summed E-state index contributed by atoms with van der Waals surface area (Å²) in [5.74, 6) is -0.435. The molecular weight excluding hydrogens is 222 g/mol. The van der Waals surface area contributed by atoms with E-state index in [1.165, 1.54) is 0 Å². The molecule has 3 unspecified atom stereocenters. The van der Waals surface area contributed by atoms with E-state index in [1.807, 2.05) is 0 Å². The summed E-state index contributed by atoms with van der Waals surface area (Å²) in [5.41, 5.74) is 5.84. The molecule has 0 aromatic heterocycles. The first-order chi connectivity index (χ1) is 8.04. The van der Waals surface area contributed by atoms with E-state index in [1.54, 1.807) is 13.8 Å². The lowest BCUT2D eigenvalue weighted by atomic mass is 10.2. The highest BCUT2D eigenvalue weighted by atomic mass is 16.5. The third kappa shape index (κ3) is 4.32. The molecule has 0 spiro atoms. The van der Waals surface area contributed by atoms with Crippen molar-refractivity contribution < 1.29 is 14.3 Å². The molecule has 0 heterocycles. The molecule has 3 atom stereocenters. The maximum atomic E-state index is 11.6. The zero-order valence-electron chi connectivity index (χ0n) is 10.4. The topological polar surface area (TPSA) is 93.5 Å². The Labute approximate surface area is 101 Å². The molecule has 1 aliphatic rings. The summed E-state index contributed by atoms with van der Waals surface area (Å²) in [5, 5.41) is 4.70. The predicted molar refractivity (Wildman–Crippen MR) is 63.4 cm³/mol. The fourth-order valence-corrected chi connectivity index (χ4v) is 1.87. The Morgan fingerprint density at radius 1 is 1.47 bits per heavy atom. The lowest BCUT2D eigenvalue weighted by Crippen LogP contribution is -2.46. The van der Waals surface area contributed by atoms with Crippen LogP contribution in [0.2, 0.25) is 0 Å². The zero-order valence-corrected chi connectivity index (χ0v) is 10.4. The van der Waals surface area contributed by atoms with Crippen molar-refractivity contribution in [3.63, 3.8) is 0 Å². The summed E-state index contributed by atoms with van der Waals surface area (Å²) < 4.78 is 5.55. The van der Waals surface area contributed by atoms with E-state index in [2.05, 4.69) is 10.6 Å². The van der Waals surface area contributed by atoms with Crippen LogP contribution in [0.25, 0.3) is 0 Å². The second-order valence-electron chi connectivity index (χ2n) is 4.26. The maximum Gasteiger partial charge on any atom is 0.321 e. The van der Waals surface area contributed by atoms with Crippen LogP contribution in [0.3, 0.4) is 0 Å². The molecular formula is C11H21N3O3. The Balaban J connectivity index is 2.33. The van der Waals surface area contributed by atoms with Crippen molar-refractivity contribution in [2.75, 3.05) is 6.54 Å². The lowest BCUT2D eigenvalue weighted by Gasteiger charge is -2.20. The number of amides is 3. The minimum Gasteiger partial charge on any atom is -0.364 e. The van der Waals surface area contributed by atoms with Gasteiger partial charge in [-0.3, -0.25) is 10.1 Å². The van der Waals surface area contributed by atoms with Crippen molar-refractivity contribution in [1.82, 2.24) is 10.6 Å². The van der Waals surface area contributed by atoms with Crippen LogP contribution in [0.4, 0.5) is 4.79 Å². The number of rotatable bonds is 4.